The Morgan fingerprint density at radius 2 is 2.33 bits per heavy atom. The third-order valence-electron chi connectivity index (χ3n) is 3.06. The van der Waals surface area contributed by atoms with Gasteiger partial charge in [-0.15, -0.1) is 5.10 Å². The standard InChI is InChI=1S/C12H15N5O/c1-9-4-14-11(5-13-9)6-17-7-12(15-16-17)10-2-3-18-8-10/h4-5,7,10H,2-3,6,8H2,1H3/t10-/m0/s1. The summed E-state index contributed by atoms with van der Waals surface area (Å²) in [6.07, 6.45) is 6.54. The molecule has 1 saturated heterocycles. The van der Waals surface area contributed by atoms with Crippen LogP contribution in [0.25, 0.3) is 0 Å². The van der Waals surface area contributed by atoms with E-state index in [1.807, 2.05) is 13.1 Å². The lowest BCUT2D eigenvalue weighted by Gasteiger charge is -2.01. The molecule has 0 bridgehead atoms. The zero-order chi connectivity index (χ0) is 12.4. The molecule has 0 aliphatic carbocycles. The lowest BCUT2D eigenvalue weighted by atomic mass is 10.1. The minimum Gasteiger partial charge on any atom is -0.381 e. The average Bonchev–Trinajstić information content (AvgIpc) is 3.02. The van der Waals surface area contributed by atoms with Crippen molar-refractivity contribution >= 4 is 0 Å². The van der Waals surface area contributed by atoms with E-state index in [1.54, 1.807) is 17.1 Å². The van der Waals surface area contributed by atoms with E-state index in [2.05, 4.69) is 20.3 Å². The van der Waals surface area contributed by atoms with Crippen LogP contribution in [0.1, 0.15) is 29.4 Å². The minimum atomic E-state index is 0.392. The zero-order valence-corrected chi connectivity index (χ0v) is 10.3. The van der Waals surface area contributed by atoms with Crippen LogP contribution in [0.2, 0.25) is 0 Å². The van der Waals surface area contributed by atoms with Crippen molar-refractivity contribution in [1.29, 1.82) is 0 Å². The van der Waals surface area contributed by atoms with Gasteiger partial charge in [0.25, 0.3) is 0 Å². The zero-order valence-electron chi connectivity index (χ0n) is 10.3. The van der Waals surface area contributed by atoms with Gasteiger partial charge in [-0.2, -0.15) is 0 Å². The maximum Gasteiger partial charge on any atom is 0.0881 e. The normalized spacial score (nSPS) is 19.3. The van der Waals surface area contributed by atoms with E-state index in [-0.39, 0.29) is 0 Å². The van der Waals surface area contributed by atoms with Crippen molar-refractivity contribution in [2.24, 2.45) is 0 Å². The van der Waals surface area contributed by atoms with Gasteiger partial charge in [-0.3, -0.25) is 9.97 Å². The fourth-order valence-electron chi connectivity index (χ4n) is 2.01. The molecule has 0 unspecified atom stereocenters. The fraction of sp³-hybridized carbons (Fsp3) is 0.500. The van der Waals surface area contributed by atoms with Gasteiger partial charge in [0.1, 0.15) is 0 Å². The van der Waals surface area contributed by atoms with Gasteiger partial charge in [0.2, 0.25) is 0 Å². The Bertz CT molecular complexity index is 516. The van der Waals surface area contributed by atoms with Crippen LogP contribution < -0.4 is 0 Å². The monoisotopic (exact) mass is 245 g/mol. The number of aryl methyl sites for hydroxylation is 1. The highest BCUT2D eigenvalue weighted by Gasteiger charge is 2.20. The highest BCUT2D eigenvalue weighted by molar-refractivity contribution is 5.06. The van der Waals surface area contributed by atoms with Crippen molar-refractivity contribution in [1.82, 2.24) is 25.0 Å². The van der Waals surface area contributed by atoms with Crippen LogP contribution >= 0.6 is 0 Å². The molecule has 6 heteroatoms. The van der Waals surface area contributed by atoms with E-state index in [9.17, 15) is 0 Å². The second kappa shape index (κ2) is 4.81. The number of rotatable bonds is 3. The molecule has 0 N–H and O–H groups in total. The highest BCUT2D eigenvalue weighted by Crippen LogP contribution is 2.22. The molecule has 0 radical (unpaired) electrons. The van der Waals surface area contributed by atoms with Gasteiger partial charge in [-0.25, -0.2) is 4.68 Å². The van der Waals surface area contributed by atoms with Crippen LogP contribution in [0.4, 0.5) is 0 Å². The third kappa shape index (κ3) is 2.38. The van der Waals surface area contributed by atoms with Crippen molar-refractivity contribution in [3.8, 4) is 0 Å². The van der Waals surface area contributed by atoms with E-state index in [1.165, 1.54) is 0 Å². The van der Waals surface area contributed by atoms with Gasteiger partial charge in [-0.05, 0) is 13.3 Å². The van der Waals surface area contributed by atoms with Crippen LogP contribution in [-0.2, 0) is 11.3 Å². The molecule has 3 rings (SSSR count). The van der Waals surface area contributed by atoms with E-state index in [0.29, 0.717) is 12.5 Å². The first kappa shape index (κ1) is 11.3. The highest BCUT2D eigenvalue weighted by atomic mass is 16.5. The molecule has 2 aromatic rings. The van der Waals surface area contributed by atoms with Crippen molar-refractivity contribution in [2.75, 3.05) is 13.2 Å². The molecule has 1 aliphatic rings. The molecule has 1 fully saturated rings. The van der Waals surface area contributed by atoms with E-state index in [4.69, 9.17) is 4.74 Å². The molecule has 0 spiro atoms. The molecule has 6 nitrogen and oxygen atoms in total. The van der Waals surface area contributed by atoms with E-state index in [0.717, 1.165) is 36.7 Å². The molecule has 18 heavy (non-hydrogen) atoms. The third-order valence-corrected chi connectivity index (χ3v) is 3.06. The van der Waals surface area contributed by atoms with Gasteiger partial charge in [0.05, 0.1) is 36.4 Å². The SMILES string of the molecule is Cc1cnc(Cn2cc([C@H]3CCOC3)nn2)cn1. The Morgan fingerprint density at radius 3 is 3.06 bits per heavy atom. The summed E-state index contributed by atoms with van der Waals surface area (Å²) in [6, 6.07) is 0. The summed E-state index contributed by atoms with van der Waals surface area (Å²) in [7, 11) is 0. The van der Waals surface area contributed by atoms with Crippen LogP contribution in [-0.4, -0.2) is 38.2 Å². The predicted octanol–water partition coefficient (Wildman–Crippen LogP) is 0.929. The molecule has 1 aliphatic heterocycles. The topological polar surface area (TPSA) is 65.7 Å². The summed E-state index contributed by atoms with van der Waals surface area (Å²) in [5, 5.41) is 8.32. The first-order valence-corrected chi connectivity index (χ1v) is 6.06. The minimum absolute atomic E-state index is 0.392. The Labute approximate surface area is 105 Å². The average molecular weight is 245 g/mol. The van der Waals surface area contributed by atoms with Gasteiger partial charge in [-0.1, -0.05) is 5.21 Å². The number of hydrogen-bond acceptors (Lipinski definition) is 5. The molecule has 0 saturated carbocycles. The van der Waals surface area contributed by atoms with Crippen molar-refractivity contribution in [3.63, 3.8) is 0 Å². The Morgan fingerprint density at radius 1 is 1.39 bits per heavy atom. The molecule has 0 aromatic carbocycles. The van der Waals surface area contributed by atoms with Crippen LogP contribution in [0.3, 0.4) is 0 Å². The summed E-state index contributed by atoms with van der Waals surface area (Å²) in [5.41, 5.74) is 2.81. The summed E-state index contributed by atoms with van der Waals surface area (Å²) in [4.78, 5) is 8.52. The van der Waals surface area contributed by atoms with Crippen molar-refractivity contribution in [2.45, 2.75) is 25.8 Å². The van der Waals surface area contributed by atoms with Gasteiger partial charge >= 0.3 is 0 Å². The summed E-state index contributed by atoms with van der Waals surface area (Å²) in [6.45, 7) is 4.10. The van der Waals surface area contributed by atoms with Crippen molar-refractivity contribution in [3.05, 3.63) is 35.7 Å². The van der Waals surface area contributed by atoms with Gasteiger partial charge in [0.15, 0.2) is 0 Å². The number of ether oxygens (including phenoxy) is 1. The smallest absolute Gasteiger partial charge is 0.0881 e. The van der Waals surface area contributed by atoms with Gasteiger partial charge in [0, 0.05) is 24.9 Å². The lowest BCUT2D eigenvalue weighted by Crippen LogP contribution is -2.03. The maximum atomic E-state index is 5.35. The summed E-state index contributed by atoms with van der Waals surface area (Å²) < 4.78 is 7.15. The molecule has 0 amide bonds. The first-order chi connectivity index (χ1) is 8.81. The maximum absolute atomic E-state index is 5.35. The summed E-state index contributed by atoms with van der Waals surface area (Å²) in [5.74, 6) is 0.392. The molecule has 3 heterocycles. The second-order valence-corrected chi connectivity index (χ2v) is 4.55. The lowest BCUT2D eigenvalue weighted by molar-refractivity contribution is 0.193. The number of nitrogens with zero attached hydrogens (tertiary/aromatic N) is 5. The van der Waals surface area contributed by atoms with Gasteiger partial charge < -0.3 is 4.74 Å². The van der Waals surface area contributed by atoms with Crippen LogP contribution in [0.15, 0.2) is 18.6 Å². The largest absolute Gasteiger partial charge is 0.381 e. The molecule has 2 aromatic heterocycles. The Hall–Kier alpha value is -1.82. The Balaban J connectivity index is 1.71. The molecular formula is C12H15N5O. The Kier molecular flexibility index (Phi) is 3.02. The number of aromatic nitrogens is 5. The quantitative estimate of drug-likeness (QED) is 0.804. The van der Waals surface area contributed by atoms with E-state index >= 15 is 0 Å². The molecule has 1 atom stereocenters. The summed E-state index contributed by atoms with van der Waals surface area (Å²) >= 11 is 0. The number of hydrogen-bond donors (Lipinski definition) is 0. The van der Waals surface area contributed by atoms with Crippen molar-refractivity contribution < 1.29 is 4.74 Å². The van der Waals surface area contributed by atoms with Crippen LogP contribution in [0, 0.1) is 6.92 Å². The predicted molar refractivity (Wildman–Crippen MR) is 64.1 cm³/mol. The molecular weight excluding hydrogens is 230 g/mol. The first-order valence-electron chi connectivity index (χ1n) is 6.06. The second-order valence-electron chi connectivity index (χ2n) is 4.55. The van der Waals surface area contributed by atoms with Crippen LogP contribution in [0.5, 0.6) is 0 Å². The fourth-order valence-corrected chi connectivity index (χ4v) is 2.01. The van der Waals surface area contributed by atoms with E-state index < -0.39 is 0 Å². The molecule has 94 valence electrons.